The molecule has 2 aromatic heterocycles. The molecule has 0 unspecified atom stereocenters. The molecular weight excluding hydrogens is 420 g/mol. The third-order valence-electron chi connectivity index (χ3n) is 6.76. The highest BCUT2D eigenvalue weighted by atomic mass is 32.1. The molecule has 32 heavy (non-hydrogen) atoms. The lowest BCUT2D eigenvalue weighted by Crippen LogP contribution is -2.34. The summed E-state index contributed by atoms with van der Waals surface area (Å²) in [7, 11) is 0. The van der Waals surface area contributed by atoms with Crippen molar-refractivity contribution >= 4 is 33.1 Å². The van der Waals surface area contributed by atoms with E-state index < -0.39 is 0 Å². The van der Waals surface area contributed by atoms with Gasteiger partial charge in [-0.25, -0.2) is 4.98 Å². The minimum Gasteiger partial charge on any atom is -0.324 e. The molecule has 168 valence electrons. The molecule has 1 aliphatic heterocycles. The number of likely N-dealkylation sites (tertiary alicyclic amines) is 1. The molecule has 1 saturated heterocycles. The number of carbonyl (C=O) groups is 1. The van der Waals surface area contributed by atoms with Crippen LogP contribution in [-0.2, 0) is 30.7 Å². The summed E-state index contributed by atoms with van der Waals surface area (Å²) in [6, 6.07) is 5.95. The van der Waals surface area contributed by atoms with Gasteiger partial charge in [0.05, 0.1) is 11.9 Å². The number of fused-ring (bicyclic) bond motifs is 3. The lowest BCUT2D eigenvalue weighted by Gasteiger charge is -2.19. The number of thiophene rings is 1. The van der Waals surface area contributed by atoms with Gasteiger partial charge in [-0.15, -0.1) is 11.3 Å². The quantitative estimate of drug-likeness (QED) is 0.633. The second kappa shape index (κ2) is 8.79. The number of para-hydroxylation sites is 1. The average molecular weight is 451 g/mol. The molecule has 0 saturated carbocycles. The molecule has 1 fully saturated rings. The van der Waals surface area contributed by atoms with Crippen molar-refractivity contribution in [3.8, 4) is 0 Å². The summed E-state index contributed by atoms with van der Waals surface area (Å²) in [5, 5.41) is 3.79. The van der Waals surface area contributed by atoms with Gasteiger partial charge in [-0.05, 0) is 82.2 Å². The molecule has 0 radical (unpaired) electrons. The molecule has 2 aliphatic rings. The maximum absolute atomic E-state index is 13.7. The molecule has 5 rings (SSSR count). The molecule has 7 heteroatoms. The van der Waals surface area contributed by atoms with E-state index >= 15 is 0 Å². The number of benzene rings is 1. The number of aryl methyl sites for hydroxylation is 4. The van der Waals surface area contributed by atoms with E-state index in [1.807, 2.05) is 32.0 Å². The number of carbonyl (C=O) groups excluding carboxylic acids is 1. The van der Waals surface area contributed by atoms with Crippen LogP contribution in [0.2, 0.25) is 0 Å². The first-order valence-corrected chi connectivity index (χ1v) is 12.5. The van der Waals surface area contributed by atoms with Crippen molar-refractivity contribution in [1.29, 1.82) is 0 Å². The van der Waals surface area contributed by atoms with Gasteiger partial charge in [0.1, 0.15) is 17.2 Å². The van der Waals surface area contributed by atoms with Crippen LogP contribution in [0.4, 0.5) is 5.69 Å². The van der Waals surface area contributed by atoms with E-state index in [9.17, 15) is 9.59 Å². The Morgan fingerprint density at radius 1 is 1.09 bits per heavy atom. The molecule has 0 atom stereocenters. The van der Waals surface area contributed by atoms with Crippen LogP contribution in [0.1, 0.15) is 53.1 Å². The zero-order valence-corrected chi connectivity index (χ0v) is 19.7. The van der Waals surface area contributed by atoms with Crippen LogP contribution in [-0.4, -0.2) is 33.4 Å². The van der Waals surface area contributed by atoms with E-state index in [-0.39, 0.29) is 18.0 Å². The predicted octanol–water partition coefficient (Wildman–Crippen LogP) is 4.19. The molecule has 1 aliphatic carbocycles. The predicted molar refractivity (Wildman–Crippen MR) is 130 cm³/mol. The van der Waals surface area contributed by atoms with Crippen LogP contribution < -0.4 is 10.9 Å². The Morgan fingerprint density at radius 2 is 1.81 bits per heavy atom. The summed E-state index contributed by atoms with van der Waals surface area (Å²) >= 11 is 1.68. The smallest absolute Gasteiger partial charge is 0.263 e. The first-order valence-electron chi connectivity index (χ1n) is 11.6. The third kappa shape index (κ3) is 3.99. The molecule has 3 aromatic rings. The number of aromatic nitrogens is 2. The third-order valence-corrected chi connectivity index (χ3v) is 7.95. The number of hydrogen-bond acceptors (Lipinski definition) is 5. The number of nitrogens with zero attached hydrogens (tertiary/aromatic N) is 3. The van der Waals surface area contributed by atoms with Crippen LogP contribution in [0.3, 0.4) is 0 Å². The number of anilines is 1. The van der Waals surface area contributed by atoms with Crippen molar-refractivity contribution < 1.29 is 4.79 Å². The van der Waals surface area contributed by atoms with Gasteiger partial charge >= 0.3 is 0 Å². The van der Waals surface area contributed by atoms with Crippen molar-refractivity contribution in [2.45, 2.75) is 65.5 Å². The van der Waals surface area contributed by atoms with Gasteiger partial charge < -0.3 is 5.32 Å². The van der Waals surface area contributed by atoms with Crippen molar-refractivity contribution in [3.63, 3.8) is 0 Å². The fourth-order valence-electron chi connectivity index (χ4n) is 5.04. The summed E-state index contributed by atoms with van der Waals surface area (Å²) < 4.78 is 1.63. The first-order chi connectivity index (χ1) is 15.5. The Hall–Kier alpha value is -2.51. The van der Waals surface area contributed by atoms with Crippen LogP contribution >= 0.6 is 11.3 Å². The monoisotopic (exact) mass is 450 g/mol. The van der Waals surface area contributed by atoms with Gasteiger partial charge in [0.25, 0.3) is 5.56 Å². The summed E-state index contributed by atoms with van der Waals surface area (Å²) in [6.45, 7) is 6.61. The average Bonchev–Trinajstić information content (AvgIpc) is 3.41. The van der Waals surface area contributed by atoms with Gasteiger partial charge in [-0.1, -0.05) is 18.2 Å². The largest absolute Gasteiger partial charge is 0.324 e. The maximum atomic E-state index is 13.7. The molecule has 0 bridgehead atoms. The van der Waals surface area contributed by atoms with E-state index in [0.717, 1.165) is 59.4 Å². The van der Waals surface area contributed by atoms with Gasteiger partial charge in [0, 0.05) is 10.6 Å². The van der Waals surface area contributed by atoms with E-state index in [2.05, 4.69) is 10.2 Å². The van der Waals surface area contributed by atoms with E-state index in [1.54, 1.807) is 15.9 Å². The number of nitrogens with one attached hydrogen (secondary N) is 1. The molecule has 1 aromatic carbocycles. The fraction of sp³-hybridized carbons (Fsp3) is 0.480. The molecule has 1 amide bonds. The van der Waals surface area contributed by atoms with Crippen molar-refractivity contribution in [3.05, 3.63) is 55.9 Å². The maximum Gasteiger partial charge on any atom is 0.263 e. The van der Waals surface area contributed by atoms with Crippen LogP contribution in [0.15, 0.2) is 23.0 Å². The van der Waals surface area contributed by atoms with Crippen molar-refractivity contribution in [2.24, 2.45) is 0 Å². The lowest BCUT2D eigenvalue weighted by molar-refractivity contribution is -0.116. The molecule has 3 heterocycles. The van der Waals surface area contributed by atoms with Crippen LogP contribution in [0.5, 0.6) is 0 Å². The lowest BCUT2D eigenvalue weighted by atomic mass is 9.97. The van der Waals surface area contributed by atoms with Gasteiger partial charge in [0.15, 0.2) is 0 Å². The fourth-order valence-corrected chi connectivity index (χ4v) is 6.31. The second-order valence-electron chi connectivity index (χ2n) is 9.11. The topological polar surface area (TPSA) is 67.2 Å². The normalized spacial score (nSPS) is 16.4. The highest BCUT2D eigenvalue weighted by molar-refractivity contribution is 7.18. The zero-order chi connectivity index (χ0) is 22.2. The Balaban J connectivity index is 1.54. The Morgan fingerprint density at radius 3 is 2.56 bits per heavy atom. The minimum atomic E-state index is -0.183. The summed E-state index contributed by atoms with van der Waals surface area (Å²) in [4.78, 5) is 36.2. The molecular formula is C25H30N4O2S. The SMILES string of the molecule is Cc1cccc(C)c1NC(=O)Cn1c(CN2CCCC2)nc2sc3c(c2c1=O)CCCC3. The second-order valence-corrected chi connectivity index (χ2v) is 10.2. The number of hydrogen-bond donors (Lipinski definition) is 1. The highest BCUT2D eigenvalue weighted by Gasteiger charge is 2.24. The number of rotatable bonds is 5. The summed E-state index contributed by atoms with van der Waals surface area (Å²) in [5.74, 6) is 0.525. The summed E-state index contributed by atoms with van der Waals surface area (Å²) in [5.41, 5.74) is 3.98. The van der Waals surface area contributed by atoms with Gasteiger partial charge in [-0.3, -0.25) is 19.1 Å². The molecule has 6 nitrogen and oxygen atoms in total. The Kier molecular flexibility index (Phi) is 5.86. The molecule has 0 spiro atoms. The standard InChI is InChI=1S/C25H30N4O2S/c1-16-8-7-9-17(2)23(16)27-21(30)15-29-20(14-28-12-5-6-13-28)26-24-22(25(29)31)18-10-3-4-11-19(18)32-24/h7-9H,3-6,10-15H2,1-2H3,(H,27,30). The Labute approximate surface area is 192 Å². The Bertz CT molecular complexity index is 1220. The van der Waals surface area contributed by atoms with E-state index in [0.29, 0.717) is 12.4 Å². The van der Waals surface area contributed by atoms with Crippen LogP contribution in [0.25, 0.3) is 10.2 Å². The molecule has 1 N–H and O–H groups in total. The minimum absolute atomic E-state index is 0.0106. The summed E-state index contributed by atoms with van der Waals surface area (Å²) in [6.07, 6.45) is 6.60. The van der Waals surface area contributed by atoms with Crippen molar-refractivity contribution in [2.75, 3.05) is 18.4 Å². The van der Waals surface area contributed by atoms with E-state index in [1.165, 1.54) is 29.7 Å². The number of amides is 1. The van der Waals surface area contributed by atoms with Gasteiger partial charge in [-0.2, -0.15) is 0 Å². The van der Waals surface area contributed by atoms with Gasteiger partial charge in [0.2, 0.25) is 5.91 Å². The first kappa shape index (κ1) is 21.3. The van der Waals surface area contributed by atoms with E-state index in [4.69, 9.17) is 4.98 Å². The zero-order valence-electron chi connectivity index (χ0n) is 18.9. The van der Waals surface area contributed by atoms with Crippen LogP contribution in [0, 0.1) is 13.8 Å². The highest BCUT2D eigenvalue weighted by Crippen LogP contribution is 2.34. The van der Waals surface area contributed by atoms with Crippen molar-refractivity contribution in [1.82, 2.24) is 14.5 Å².